The van der Waals surface area contributed by atoms with Gasteiger partial charge in [0.05, 0.1) is 11.1 Å². The minimum atomic E-state index is -0.377. The molecule has 0 radical (unpaired) electrons. The molecular weight excluding hydrogens is 229 g/mol. The van der Waals surface area contributed by atoms with E-state index in [2.05, 4.69) is 5.32 Å². The van der Waals surface area contributed by atoms with Gasteiger partial charge in [0.2, 0.25) is 0 Å². The predicted molar refractivity (Wildman–Crippen MR) is 62.1 cm³/mol. The van der Waals surface area contributed by atoms with E-state index < -0.39 is 0 Å². The van der Waals surface area contributed by atoms with Crippen LogP contribution < -0.4 is 5.32 Å². The number of halogens is 2. The molecule has 1 saturated heterocycles. The van der Waals surface area contributed by atoms with Gasteiger partial charge >= 0.3 is 0 Å². The molecule has 0 aromatic heterocycles. The summed E-state index contributed by atoms with van der Waals surface area (Å²) in [5, 5.41) is 3.29. The van der Waals surface area contributed by atoms with Crippen LogP contribution in [0.1, 0.15) is 18.1 Å². The van der Waals surface area contributed by atoms with Gasteiger partial charge < -0.3 is 10.1 Å². The van der Waals surface area contributed by atoms with Crippen LogP contribution in [0.5, 0.6) is 0 Å². The number of rotatable bonds is 3. The van der Waals surface area contributed by atoms with Crippen LogP contribution in [0.15, 0.2) is 18.2 Å². The minimum Gasteiger partial charge on any atom is -0.373 e. The Morgan fingerprint density at radius 3 is 3.06 bits per heavy atom. The van der Waals surface area contributed by atoms with Crippen LogP contribution in [-0.2, 0) is 4.74 Å². The maximum Gasteiger partial charge on any atom is 0.142 e. The van der Waals surface area contributed by atoms with E-state index >= 15 is 0 Å². The average Bonchev–Trinajstić information content (AvgIpc) is 2.71. The molecule has 4 heteroatoms. The van der Waals surface area contributed by atoms with Crippen molar-refractivity contribution in [3.8, 4) is 0 Å². The Morgan fingerprint density at radius 1 is 1.56 bits per heavy atom. The second kappa shape index (κ2) is 5.13. The van der Waals surface area contributed by atoms with Gasteiger partial charge in [-0.25, -0.2) is 4.39 Å². The molecule has 0 spiro atoms. The SMILES string of the molecule is CNCC1CCOC1c1ccc(Cl)c(F)c1. The highest BCUT2D eigenvalue weighted by Crippen LogP contribution is 2.35. The van der Waals surface area contributed by atoms with Crippen molar-refractivity contribution < 1.29 is 9.13 Å². The van der Waals surface area contributed by atoms with Gasteiger partial charge in [0.15, 0.2) is 0 Å². The lowest BCUT2D eigenvalue weighted by Crippen LogP contribution is -2.21. The van der Waals surface area contributed by atoms with E-state index in [4.69, 9.17) is 16.3 Å². The van der Waals surface area contributed by atoms with Crippen LogP contribution in [0.3, 0.4) is 0 Å². The van der Waals surface area contributed by atoms with Crippen LogP contribution >= 0.6 is 11.6 Å². The molecule has 1 aliphatic rings. The maximum absolute atomic E-state index is 13.3. The van der Waals surface area contributed by atoms with Crippen LogP contribution in [-0.4, -0.2) is 20.2 Å². The van der Waals surface area contributed by atoms with Gasteiger partial charge in [0.1, 0.15) is 5.82 Å². The monoisotopic (exact) mass is 243 g/mol. The Bertz CT molecular complexity index is 372. The fourth-order valence-electron chi connectivity index (χ4n) is 2.16. The molecule has 0 amide bonds. The molecule has 16 heavy (non-hydrogen) atoms. The molecule has 1 aliphatic heterocycles. The maximum atomic E-state index is 13.3. The first kappa shape index (κ1) is 11.8. The summed E-state index contributed by atoms with van der Waals surface area (Å²) in [5.41, 5.74) is 0.875. The summed E-state index contributed by atoms with van der Waals surface area (Å²) in [5.74, 6) is 0.0310. The Hall–Kier alpha value is -0.640. The molecular formula is C12H15ClFNO. The number of ether oxygens (including phenoxy) is 1. The highest BCUT2D eigenvalue weighted by molar-refractivity contribution is 6.30. The first-order valence-corrected chi connectivity index (χ1v) is 5.81. The van der Waals surface area contributed by atoms with E-state index in [1.165, 1.54) is 6.07 Å². The highest BCUT2D eigenvalue weighted by atomic mass is 35.5. The molecule has 88 valence electrons. The lowest BCUT2D eigenvalue weighted by Gasteiger charge is -2.18. The third kappa shape index (κ3) is 2.37. The van der Waals surface area contributed by atoms with E-state index in [0.29, 0.717) is 5.92 Å². The number of nitrogens with one attached hydrogen (secondary N) is 1. The van der Waals surface area contributed by atoms with E-state index in [-0.39, 0.29) is 16.9 Å². The Morgan fingerprint density at radius 2 is 2.38 bits per heavy atom. The van der Waals surface area contributed by atoms with Crippen molar-refractivity contribution in [2.24, 2.45) is 5.92 Å². The fourth-order valence-corrected chi connectivity index (χ4v) is 2.28. The summed E-state index contributed by atoms with van der Waals surface area (Å²) in [7, 11) is 1.91. The van der Waals surface area contributed by atoms with Gasteiger partial charge in [-0.2, -0.15) is 0 Å². The van der Waals surface area contributed by atoms with E-state index in [1.54, 1.807) is 6.07 Å². The van der Waals surface area contributed by atoms with Crippen molar-refractivity contribution in [3.05, 3.63) is 34.6 Å². The topological polar surface area (TPSA) is 21.3 Å². The molecule has 0 bridgehead atoms. The normalized spacial score (nSPS) is 24.9. The molecule has 1 N–H and O–H groups in total. The Balaban J connectivity index is 2.19. The quantitative estimate of drug-likeness (QED) is 0.882. The van der Waals surface area contributed by atoms with Gasteiger partial charge in [-0.1, -0.05) is 17.7 Å². The molecule has 2 nitrogen and oxygen atoms in total. The van der Waals surface area contributed by atoms with Crippen molar-refractivity contribution in [2.45, 2.75) is 12.5 Å². The highest BCUT2D eigenvalue weighted by Gasteiger charge is 2.29. The fraction of sp³-hybridized carbons (Fsp3) is 0.500. The minimum absolute atomic E-state index is 0.0146. The lowest BCUT2D eigenvalue weighted by molar-refractivity contribution is 0.0907. The van der Waals surface area contributed by atoms with Crippen LogP contribution in [0.4, 0.5) is 4.39 Å². The standard InChI is InChI=1S/C12H15ClFNO/c1-15-7-9-4-5-16-12(9)8-2-3-10(13)11(14)6-8/h2-3,6,9,12,15H,4-5,7H2,1H3. The smallest absolute Gasteiger partial charge is 0.142 e. The molecule has 1 aromatic carbocycles. The molecule has 0 saturated carbocycles. The molecule has 1 heterocycles. The second-order valence-corrected chi connectivity index (χ2v) is 4.48. The van der Waals surface area contributed by atoms with Crippen molar-refractivity contribution in [3.63, 3.8) is 0 Å². The van der Waals surface area contributed by atoms with Crippen molar-refractivity contribution >= 4 is 11.6 Å². The first-order chi connectivity index (χ1) is 7.72. The summed E-state index contributed by atoms with van der Waals surface area (Å²) in [4.78, 5) is 0. The predicted octanol–water partition coefficient (Wildman–Crippen LogP) is 2.78. The largest absolute Gasteiger partial charge is 0.373 e. The van der Waals surface area contributed by atoms with Gasteiger partial charge in [0.25, 0.3) is 0 Å². The van der Waals surface area contributed by atoms with Gasteiger partial charge in [-0.15, -0.1) is 0 Å². The number of hydrogen-bond acceptors (Lipinski definition) is 2. The molecule has 2 unspecified atom stereocenters. The molecule has 2 atom stereocenters. The summed E-state index contributed by atoms with van der Waals surface area (Å²) >= 11 is 5.66. The van der Waals surface area contributed by atoms with Crippen LogP contribution in [0.2, 0.25) is 5.02 Å². The van der Waals surface area contributed by atoms with Gasteiger partial charge in [-0.3, -0.25) is 0 Å². The zero-order valence-electron chi connectivity index (χ0n) is 9.17. The first-order valence-electron chi connectivity index (χ1n) is 5.43. The molecule has 0 aliphatic carbocycles. The van der Waals surface area contributed by atoms with E-state index in [1.807, 2.05) is 13.1 Å². The lowest BCUT2D eigenvalue weighted by atomic mass is 9.95. The van der Waals surface area contributed by atoms with Crippen molar-refractivity contribution in [1.82, 2.24) is 5.32 Å². The zero-order chi connectivity index (χ0) is 11.5. The van der Waals surface area contributed by atoms with Crippen molar-refractivity contribution in [2.75, 3.05) is 20.2 Å². The molecule has 2 rings (SSSR count). The van der Waals surface area contributed by atoms with Crippen LogP contribution in [0.25, 0.3) is 0 Å². The van der Waals surface area contributed by atoms with E-state index in [0.717, 1.165) is 25.1 Å². The van der Waals surface area contributed by atoms with Gasteiger partial charge in [0, 0.05) is 19.1 Å². The van der Waals surface area contributed by atoms with Crippen molar-refractivity contribution in [1.29, 1.82) is 0 Å². The molecule has 1 fully saturated rings. The number of hydrogen-bond donors (Lipinski definition) is 1. The molecule has 1 aromatic rings. The Kier molecular flexibility index (Phi) is 3.79. The Labute approximate surface area is 99.7 Å². The van der Waals surface area contributed by atoms with Crippen LogP contribution in [0, 0.1) is 11.7 Å². The average molecular weight is 244 g/mol. The third-order valence-corrected chi connectivity index (χ3v) is 3.26. The summed E-state index contributed by atoms with van der Waals surface area (Å²) in [6, 6.07) is 4.90. The summed E-state index contributed by atoms with van der Waals surface area (Å²) < 4.78 is 19.0. The van der Waals surface area contributed by atoms with Gasteiger partial charge in [-0.05, 0) is 31.2 Å². The van der Waals surface area contributed by atoms with E-state index in [9.17, 15) is 4.39 Å². The summed E-state index contributed by atoms with van der Waals surface area (Å²) in [6.45, 7) is 1.62. The third-order valence-electron chi connectivity index (χ3n) is 2.95. The zero-order valence-corrected chi connectivity index (χ0v) is 9.93. The number of benzene rings is 1. The second-order valence-electron chi connectivity index (χ2n) is 4.07. The summed E-state index contributed by atoms with van der Waals surface area (Å²) in [6.07, 6.45) is 0.995.